The van der Waals surface area contributed by atoms with Gasteiger partial charge in [-0.2, -0.15) is 0 Å². The molecular weight excluding hydrogens is 256 g/mol. The summed E-state index contributed by atoms with van der Waals surface area (Å²) in [6.07, 6.45) is 11.2. The maximum atomic E-state index is 10.3. The zero-order chi connectivity index (χ0) is 14.6. The molecule has 1 aliphatic heterocycles. The molecule has 0 aliphatic carbocycles. The van der Waals surface area contributed by atoms with Crippen molar-refractivity contribution in [2.24, 2.45) is 11.8 Å². The predicted molar refractivity (Wildman–Crippen MR) is 78.6 cm³/mol. The van der Waals surface area contributed by atoms with Gasteiger partial charge in [-0.05, 0) is 25.2 Å². The SMILES string of the molecule is C=CCCOC[C@@H]1COC[C@H]1CC=CCC=CC(=O)O. The van der Waals surface area contributed by atoms with Crippen LogP contribution in [0.5, 0.6) is 0 Å². The van der Waals surface area contributed by atoms with Crippen LogP contribution in [0.25, 0.3) is 0 Å². The molecule has 0 amide bonds. The molecule has 112 valence electrons. The Morgan fingerprint density at radius 1 is 1.30 bits per heavy atom. The second kappa shape index (κ2) is 10.4. The van der Waals surface area contributed by atoms with E-state index >= 15 is 0 Å². The highest BCUT2D eigenvalue weighted by Gasteiger charge is 2.27. The highest BCUT2D eigenvalue weighted by atomic mass is 16.5. The van der Waals surface area contributed by atoms with Crippen molar-refractivity contribution in [3.8, 4) is 0 Å². The van der Waals surface area contributed by atoms with E-state index in [2.05, 4.69) is 12.7 Å². The van der Waals surface area contributed by atoms with E-state index in [0.29, 0.717) is 18.3 Å². The van der Waals surface area contributed by atoms with Crippen molar-refractivity contribution in [1.29, 1.82) is 0 Å². The highest BCUT2D eigenvalue weighted by Crippen LogP contribution is 2.24. The van der Waals surface area contributed by atoms with Crippen molar-refractivity contribution >= 4 is 5.97 Å². The van der Waals surface area contributed by atoms with E-state index in [0.717, 1.165) is 39.3 Å². The predicted octanol–water partition coefficient (Wildman–Crippen LogP) is 2.82. The summed E-state index contributed by atoms with van der Waals surface area (Å²) in [6.45, 7) is 6.68. The highest BCUT2D eigenvalue weighted by molar-refractivity contribution is 5.79. The van der Waals surface area contributed by atoms with Crippen LogP contribution in [0, 0.1) is 11.8 Å². The quantitative estimate of drug-likeness (QED) is 0.380. The average molecular weight is 280 g/mol. The Balaban J connectivity index is 2.19. The summed E-state index contributed by atoms with van der Waals surface area (Å²) < 4.78 is 11.1. The van der Waals surface area contributed by atoms with Crippen LogP contribution in [-0.2, 0) is 14.3 Å². The van der Waals surface area contributed by atoms with Crippen LogP contribution in [0.15, 0.2) is 37.0 Å². The number of ether oxygens (including phenoxy) is 2. The molecule has 4 heteroatoms. The molecule has 4 nitrogen and oxygen atoms in total. The first-order valence-electron chi connectivity index (χ1n) is 7.05. The number of carbonyl (C=O) groups is 1. The Kier molecular flexibility index (Phi) is 8.67. The molecule has 0 saturated carbocycles. The summed E-state index contributed by atoms with van der Waals surface area (Å²) in [5.74, 6) is 0.0526. The fourth-order valence-corrected chi connectivity index (χ4v) is 2.10. The third kappa shape index (κ3) is 7.26. The molecular formula is C16H24O4. The van der Waals surface area contributed by atoms with Crippen LogP contribution in [0.1, 0.15) is 19.3 Å². The van der Waals surface area contributed by atoms with Gasteiger partial charge in [0, 0.05) is 12.0 Å². The summed E-state index contributed by atoms with van der Waals surface area (Å²) in [4.78, 5) is 10.3. The van der Waals surface area contributed by atoms with Gasteiger partial charge in [0.25, 0.3) is 0 Å². The van der Waals surface area contributed by atoms with Gasteiger partial charge in [0.15, 0.2) is 0 Å². The molecule has 1 rings (SSSR count). The Bertz CT molecular complexity index is 346. The van der Waals surface area contributed by atoms with Gasteiger partial charge in [0.2, 0.25) is 0 Å². The van der Waals surface area contributed by atoms with Crippen LogP contribution in [0.2, 0.25) is 0 Å². The van der Waals surface area contributed by atoms with E-state index in [1.807, 2.05) is 12.2 Å². The lowest BCUT2D eigenvalue weighted by Crippen LogP contribution is -2.18. The molecule has 0 aromatic carbocycles. The van der Waals surface area contributed by atoms with E-state index < -0.39 is 5.97 Å². The lowest BCUT2D eigenvalue weighted by molar-refractivity contribution is -0.131. The number of allylic oxidation sites excluding steroid dienone is 3. The first kappa shape index (κ1) is 16.7. The third-order valence-electron chi connectivity index (χ3n) is 3.27. The number of rotatable bonds is 10. The van der Waals surface area contributed by atoms with Gasteiger partial charge in [0.05, 0.1) is 26.4 Å². The normalized spacial score (nSPS) is 22.8. The molecule has 2 atom stereocenters. The van der Waals surface area contributed by atoms with Crippen LogP contribution >= 0.6 is 0 Å². The van der Waals surface area contributed by atoms with E-state index in [9.17, 15) is 4.79 Å². The molecule has 0 unspecified atom stereocenters. The number of hydrogen-bond donors (Lipinski definition) is 1. The molecule has 1 fully saturated rings. The maximum Gasteiger partial charge on any atom is 0.327 e. The lowest BCUT2D eigenvalue weighted by Gasteiger charge is -2.15. The second-order valence-corrected chi connectivity index (χ2v) is 4.89. The van der Waals surface area contributed by atoms with Crippen LogP contribution in [0.3, 0.4) is 0 Å². The van der Waals surface area contributed by atoms with Crippen molar-refractivity contribution in [1.82, 2.24) is 0 Å². The molecule has 0 radical (unpaired) electrons. The van der Waals surface area contributed by atoms with Crippen molar-refractivity contribution in [3.63, 3.8) is 0 Å². The standard InChI is InChI=1S/C16H24O4/c1-2-3-10-19-12-15-13-20-11-14(15)8-6-4-5-7-9-16(17)18/h2,4,6-7,9,14-15H,1,3,5,8,10-13H2,(H,17,18)/t14-,15-/m1/s1. The second-order valence-electron chi connectivity index (χ2n) is 4.89. The van der Waals surface area contributed by atoms with Crippen LogP contribution < -0.4 is 0 Å². The summed E-state index contributed by atoms with van der Waals surface area (Å²) in [5, 5.41) is 8.45. The van der Waals surface area contributed by atoms with Gasteiger partial charge >= 0.3 is 5.97 Å². The van der Waals surface area contributed by atoms with Gasteiger partial charge < -0.3 is 14.6 Å². The minimum atomic E-state index is -0.903. The summed E-state index contributed by atoms with van der Waals surface area (Å²) in [5.41, 5.74) is 0. The first-order chi connectivity index (χ1) is 9.74. The fourth-order valence-electron chi connectivity index (χ4n) is 2.10. The monoisotopic (exact) mass is 280 g/mol. The maximum absolute atomic E-state index is 10.3. The van der Waals surface area contributed by atoms with Crippen molar-refractivity contribution in [2.75, 3.05) is 26.4 Å². The summed E-state index contributed by atoms with van der Waals surface area (Å²) in [7, 11) is 0. The number of aliphatic carboxylic acids is 1. The average Bonchev–Trinajstić information content (AvgIpc) is 2.86. The Hall–Kier alpha value is -1.39. The topological polar surface area (TPSA) is 55.8 Å². The molecule has 1 aliphatic rings. The largest absolute Gasteiger partial charge is 0.478 e. The molecule has 0 bridgehead atoms. The van der Waals surface area contributed by atoms with Crippen LogP contribution in [-0.4, -0.2) is 37.5 Å². The van der Waals surface area contributed by atoms with E-state index in [4.69, 9.17) is 14.6 Å². The number of hydrogen-bond acceptors (Lipinski definition) is 3. The zero-order valence-corrected chi connectivity index (χ0v) is 11.9. The molecule has 0 aromatic rings. The minimum Gasteiger partial charge on any atom is -0.478 e. The minimum absolute atomic E-state index is 0.457. The van der Waals surface area contributed by atoms with E-state index in [1.54, 1.807) is 6.08 Å². The molecule has 0 spiro atoms. The molecule has 1 saturated heterocycles. The number of carboxylic acids is 1. The van der Waals surface area contributed by atoms with Crippen molar-refractivity contribution in [3.05, 3.63) is 37.0 Å². The lowest BCUT2D eigenvalue weighted by atomic mass is 9.93. The third-order valence-corrected chi connectivity index (χ3v) is 3.27. The fraction of sp³-hybridized carbons (Fsp3) is 0.562. The molecule has 0 aromatic heterocycles. The van der Waals surface area contributed by atoms with Gasteiger partial charge in [-0.3, -0.25) is 0 Å². The smallest absolute Gasteiger partial charge is 0.327 e. The Morgan fingerprint density at radius 2 is 2.10 bits per heavy atom. The van der Waals surface area contributed by atoms with Gasteiger partial charge in [-0.25, -0.2) is 4.79 Å². The molecule has 20 heavy (non-hydrogen) atoms. The Labute approximate surface area is 120 Å². The summed E-state index contributed by atoms with van der Waals surface area (Å²) >= 11 is 0. The zero-order valence-electron chi connectivity index (χ0n) is 11.9. The van der Waals surface area contributed by atoms with Crippen molar-refractivity contribution < 1.29 is 19.4 Å². The van der Waals surface area contributed by atoms with Gasteiger partial charge in [-0.15, -0.1) is 6.58 Å². The number of carboxylic acid groups (broad SMARTS) is 1. The van der Waals surface area contributed by atoms with E-state index in [-0.39, 0.29) is 0 Å². The summed E-state index contributed by atoms with van der Waals surface area (Å²) in [6, 6.07) is 0. The molecule has 1 heterocycles. The van der Waals surface area contributed by atoms with Crippen molar-refractivity contribution in [2.45, 2.75) is 19.3 Å². The molecule has 1 N–H and O–H groups in total. The Morgan fingerprint density at radius 3 is 2.85 bits per heavy atom. The van der Waals surface area contributed by atoms with E-state index in [1.165, 1.54) is 6.08 Å². The van der Waals surface area contributed by atoms with Gasteiger partial charge in [-0.1, -0.05) is 24.3 Å². The first-order valence-corrected chi connectivity index (χ1v) is 7.05. The van der Waals surface area contributed by atoms with Gasteiger partial charge in [0.1, 0.15) is 0 Å². The van der Waals surface area contributed by atoms with Crippen LogP contribution in [0.4, 0.5) is 0 Å².